The first kappa shape index (κ1) is 21.9. The van der Waals surface area contributed by atoms with E-state index in [0.717, 1.165) is 10.8 Å². The molecule has 0 atom stereocenters. The topological polar surface area (TPSA) is 103 Å². The van der Waals surface area contributed by atoms with Crippen LogP contribution in [0.25, 0.3) is 10.8 Å². The second-order valence-corrected chi connectivity index (χ2v) is 6.64. The minimum absolute atomic E-state index is 0.0866. The predicted octanol–water partition coefficient (Wildman–Crippen LogP) is 3.60. The largest absolute Gasteiger partial charge is 0.496 e. The lowest BCUT2D eigenvalue weighted by Crippen LogP contribution is -2.19. The number of esters is 1. The van der Waals surface area contributed by atoms with Crippen molar-refractivity contribution in [1.29, 1.82) is 5.26 Å². The third kappa shape index (κ3) is 4.52. The van der Waals surface area contributed by atoms with Gasteiger partial charge in [0.2, 0.25) is 0 Å². The SMILES string of the molecule is CCOC(=O)c1c(NC(=O)c2cc3ccccc3cc2OC)c(C#N)cn1CCOC. The van der Waals surface area contributed by atoms with Crippen LogP contribution in [-0.2, 0) is 16.0 Å². The Morgan fingerprint density at radius 1 is 1.16 bits per heavy atom. The smallest absolute Gasteiger partial charge is 0.357 e. The number of aromatic nitrogens is 1. The van der Waals surface area contributed by atoms with E-state index < -0.39 is 11.9 Å². The molecule has 0 unspecified atom stereocenters. The van der Waals surface area contributed by atoms with E-state index >= 15 is 0 Å². The number of methoxy groups -OCH3 is 2. The Bertz CT molecular complexity index is 1160. The highest BCUT2D eigenvalue weighted by Crippen LogP contribution is 2.29. The van der Waals surface area contributed by atoms with Gasteiger partial charge in [-0.25, -0.2) is 4.79 Å². The second-order valence-electron chi connectivity index (χ2n) is 6.64. The van der Waals surface area contributed by atoms with Crippen LogP contribution in [0.15, 0.2) is 42.6 Å². The average Bonchev–Trinajstić information content (AvgIpc) is 3.13. The maximum Gasteiger partial charge on any atom is 0.357 e. The van der Waals surface area contributed by atoms with Crippen molar-refractivity contribution in [2.75, 3.05) is 32.8 Å². The molecule has 0 spiro atoms. The Labute approximate surface area is 179 Å². The molecule has 0 aliphatic heterocycles. The summed E-state index contributed by atoms with van der Waals surface area (Å²) in [5, 5.41) is 14.1. The van der Waals surface area contributed by atoms with E-state index in [1.807, 2.05) is 30.3 Å². The molecule has 3 aromatic rings. The predicted molar refractivity (Wildman–Crippen MR) is 115 cm³/mol. The monoisotopic (exact) mass is 421 g/mol. The van der Waals surface area contributed by atoms with Gasteiger partial charge in [-0.1, -0.05) is 24.3 Å². The lowest BCUT2D eigenvalue weighted by Gasteiger charge is -2.13. The summed E-state index contributed by atoms with van der Waals surface area (Å²) in [6.07, 6.45) is 1.50. The van der Waals surface area contributed by atoms with E-state index in [1.54, 1.807) is 23.6 Å². The summed E-state index contributed by atoms with van der Waals surface area (Å²) in [4.78, 5) is 25.8. The van der Waals surface area contributed by atoms with Crippen LogP contribution in [0, 0.1) is 11.3 Å². The molecule has 2 aromatic carbocycles. The number of nitrogens with one attached hydrogen (secondary N) is 1. The minimum Gasteiger partial charge on any atom is -0.496 e. The number of nitriles is 1. The number of hydrogen-bond donors (Lipinski definition) is 1. The van der Waals surface area contributed by atoms with E-state index in [2.05, 4.69) is 5.32 Å². The van der Waals surface area contributed by atoms with Gasteiger partial charge in [-0.3, -0.25) is 4.79 Å². The van der Waals surface area contributed by atoms with Gasteiger partial charge >= 0.3 is 5.97 Å². The van der Waals surface area contributed by atoms with Gasteiger partial charge in [0.1, 0.15) is 11.8 Å². The molecular weight excluding hydrogens is 398 g/mol. The summed E-state index contributed by atoms with van der Waals surface area (Å²) in [7, 11) is 3.01. The van der Waals surface area contributed by atoms with Crippen molar-refractivity contribution in [3.05, 3.63) is 59.4 Å². The van der Waals surface area contributed by atoms with Crippen LogP contribution in [0.2, 0.25) is 0 Å². The molecule has 1 amide bonds. The van der Waals surface area contributed by atoms with Gasteiger partial charge in [0, 0.05) is 19.9 Å². The summed E-state index contributed by atoms with van der Waals surface area (Å²) in [5.74, 6) is -0.763. The Morgan fingerprint density at radius 2 is 1.87 bits per heavy atom. The number of ether oxygens (including phenoxy) is 3. The van der Waals surface area contributed by atoms with Gasteiger partial charge in [0.05, 0.1) is 37.1 Å². The van der Waals surface area contributed by atoms with Crippen molar-refractivity contribution in [2.45, 2.75) is 13.5 Å². The molecule has 0 saturated heterocycles. The van der Waals surface area contributed by atoms with Crippen molar-refractivity contribution >= 4 is 28.3 Å². The zero-order chi connectivity index (χ0) is 22.4. The molecule has 0 aliphatic rings. The maximum absolute atomic E-state index is 13.2. The van der Waals surface area contributed by atoms with Gasteiger partial charge in [0.15, 0.2) is 5.69 Å². The Morgan fingerprint density at radius 3 is 2.48 bits per heavy atom. The number of fused-ring (bicyclic) bond motifs is 1. The molecule has 31 heavy (non-hydrogen) atoms. The Kier molecular flexibility index (Phi) is 6.90. The van der Waals surface area contributed by atoms with E-state index in [1.165, 1.54) is 20.4 Å². The fraction of sp³-hybridized carbons (Fsp3) is 0.261. The van der Waals surface area contributed by atoms with Crippen LogP contribution >= 0.6 is 0 Å². The van der Waals surface area contributed by atoms with Gasteiger partial charge in [0.25, 0.3) is 5.91 Å². The summed E-state index contributed by atoms with van der Waals surface area (Å²) in [6.45, 7) is 2.47. The highest BCUT2D eigenvalue weighted by atomic mass is 16.5. The number of nitrogens with zero attached hydrogens (tertiary/aromatic N) is 2. The number of rotatable bonds is 8. The van der Waals surface area contributed by atoms with Crippen LogP contribution in [-0.4, -0.2) is 43.9 Å². The molecule has 1 N–H and O–H groups in total. The maximum atomic E-state index is 13.2. The quantitative estimate of drug-likeness (QED) is 0.558. The fourth-order valence-corrected chi connectivity index (χ4v) is 3.30. The molecule has 8 heteroatoms. The first-order valence-corrected chi connectivity index (χ1v) is 9.71. The molecule has 0 bridgehead atoms. The third-order valence-corrected chi connectivity index (χ3v) is 4.75. The van der Waals surface area contributed by atoms with Crippen molar-refractivity contribution in [2.24, 2.45) is 0 Å². The summed E-state index contributed by atoms with van der Waals surface area (Å²) < 4.78 is 17.2. The molecule has 0 aliphatic carbocycles. The van der Waals surface area contributed by atoms with Crippen molar-refractivity contribution in [1.82, 2.24) is 4.57 Å². The van der Waals surface area contributed by atoms with Crippen molar-refractivity contribution in [3.8, 4) is 11.8 Å². The highest BCUT2D eigenvalue weighted by molar-refractivity contribution is 6.11. The Balaban J connectivity index is 2.06. The number of carbonyl (C=O) groups is 2. The molecule has 8 nitrogen and oxygen atoms in total. The number of anilines is 1. The normalized spacial score (nSPS) is 10.5. The van der Waals surface area contributed by atoms with Crippen molar-refractivity contribution in [3.63, 3.8) is 0 Å². The highest BCUT2D eigenvalue weighted by Gasteiger charge is 2.26. The fourth-order valence-electron chi connectivity index (χ4n) is 3.30. The molecular formula is C23H23N3O5. The zero-order valence-electron chi connectivity index (χ0n) is 17.6. The first-order chi connectivity index (χ1) is 15.0. The van der Waals surface area contributed by atoms with Gasteiger partial charge < -0.3 is 24.1 Å². The molecule has 0 saturated carbocycles. The van der Waals surface area contributed by atoms with Crippen molar-refractivity contribution < 1.29 is 23.8 Å². The molecule has 0 radical (unpaired) electrons. The number of amides is 1. The van der Waals surface area contributed by atoms with Crippen LogP contribution in [0.5, 0.6) is 5.75 Å². The summed E-state index contributed by atoms with van der Waals surface area (Å²) in [5.41, 5.74) is 0.609. The standard InChI is InChI=1S/C23H23N3O5/c1-4-31-23(28)21-20(17(13-24)14-26(21)9-10-29-2)25-22(27)18-11-15-7-5-6-8-16(15)12-19(18)30-3/h5-8,11-12,14H,4,9-10H2,1-3H3,(H,25,27). The van der Waals surface area contributed by atoms with Gasteiger partial charge in [-0.2, -0.15) is 5.26 Å². The van der Waals surface area contributed by atoms with Crippen LogP contribution < -0.4 is 10.1 Å². The van der Waals surface area contributed by atoms with Crippen LogP contribution in [0.1, 0.15) is 33.3 Å². The zero-order valence-corrected chi connectivity index (χ0v) is 17.6. The lowest BCUT2D eigenvalue weighted by atomic mass is 10.0. The molecule has 3 rings (SSSR count). The third-order valence-electron chi connectivity index (χ3n) is 4.75. The Hall–Kier alpha value is -3.83. The average molecular weight is 421 g/mol. The van der Waals surface area contributed by atoms with E-state index in [9.17, 15) is 14.9 Å². The molecule has 1 aromatic heterocycles. The molecule has 160 valence electrons. The van der Waals surface area contributed by atoms with E-state index in [4.69, 9.17) is 14.2 Å². The summed E-state index contributed by atoms with van der Waals surface area (Å²) in [6, 6.07) is 13.1. The molecule has 1 heterocycles. The summed E-state index contributed by atoms with van der Waals surface area (Å²) >= 11 is 0. The van der Waals surface area contributed by atoms with E-state index in [-0.39, 0.29) is 29.1 Å². The van der Waals surface area contributed by atoms with Crippen LogP contribution in [0.4, 0.5) is 5.69 Å². The van der Waals surface area contributed by atoms with E-state index in [0.29, 0.717) is 18.9 Å². The first-order valence-electron chi connectivity index (χ1n) is 9.71. The number of carbonyl (C=O) groups excluding carboxylic acids is 2. The molecule has 0 fully saturated rings. The van der Waals surface area contributed by atoms with Crippen LogP contribution in [0.3, 0.4) is 0 Å². The second kappa shape index (κ2) is 9.78. The minimum atomic E-state index is -0.638. The lowest BCUT2D eigenvalue weighted by molar-refractivity contribution is 0.0513. The van der Waals surface area contributed by atoms with Gasteiger partial charge in [-0.05, 0) is 29.8 Å². The van der Waals surface area contributed by atoms with Gasteiger partial charge in [-0.15, -0.1) is 0 Å². The number of hydrogen-bond acceptors (Lipinski definition) is 6. The number of benzene rings is 2.